The molecule has 0 bridgehead atoms. The zero-order valence-electron chi connectivity index (χ0n) is 21.2. The summed E-state index contributed by atoms with van der Waals surface area (Å²) in [5.41, 5.74) is 11.5. The highest BCUT2D eigenvalue weighted by atomic mass is 16.2. The molecule has 0 unspecified atom stereocenters. The first-order valence-corrected chi connectivity index (χ1v) is 12.8. The van der Waals surface area contributed by atoms with Crippen LogP contribution in [0.25, 0.3) is 22.4 Å². The molecule has 0 atom stereocenters. The zero-order chi connectivity index (χ0) is 25.5. The standard InChI is InChI=1S/C30H36N4O2/c1-21(35)34(2)27-14-10-23(11-15-27)18-29(36)33-26-19-28(24-6-4-3-5-7-24)30(32-20-26)25-12-8-22(9-13-25)16-17-31/h3-9,12-13,19-20,23,27H,10-11,14-18,31H2,1-2H3,(H,33,36). The number of carbonyl (C=O) groups excluding carboxylic acids is 2. The van der Waals surface area contributed by atoms with Gasteiger partial charge in [-0.25, -0.2) is 0 Å². The van der Waals surface area contributed by atoms with Crippen molar-refractivity contribution in [3.63, 3.8) is 0 Å². The van der Waals surface area contributed by atoms with E-state index in [1.807, 2.05) is 36.2 Å². The molecule has 1 aliphatic carbocycles. The zero-order valence-corrected chi connectivity index (χ0v) is 21.2. The lowest BCUT2D eigenvalue weighted by atomic mass is 9.83. The van der Waals surface area contributed by atoms with Crippen molar-refractivity contribution in [3.05, 3.63) is 72.4 Å². The molecule has 1 aromatic heterocycles. The molecule has 1 saturated carbocycles. The molecule has 3 N–H and O–H groups in total. The van der Waals surface area contributed by atoms with E-state index in [2.05, 4.69) is 41.7 Å². The third-order valence-electron chi connectivity index (χ3n) is 7.25. The van der Waals surface area contributed by atoms with Crippen LogP contribution < -0.4 is 11.1 Å². The summed E-state index contributed by atoms with van der Waals surface area (Å²) in [5, 5.41) is 3.08. The molecule has 0 saturated heterocycles. The Labute approximate surface area is 213 Å². The molecule has 188 valence electrons. The van der Waals surface area contributed by atoms with Crippen LogP contribution in [0.15, 0.2) is 66.9 Å². The van der Waals surface area contributed by atoms with Crippen LogP contribution in [-0.4, -0.2) is 41.3 Å². The molecule has 1 aliphatic rings. The highest BCUT2D eigenvalue weighted by Crippen LogP contribution is 2.33. The first-order valence-electron chi connectivity index (χ1n) is 12.8. The topological polar surface area (TPSA) is 88.3 Å². The number of carbonyl (C=O) groups is 2. The molecule has 0 aliphatic heterocycles. The van der Waals surface area contributed by atoms with Crippen molar-refractivity contribution < 1.29 is 9.59 Å². The Morgan fingerprint density at radius 3 is 2.33 bits per heavy atom. The molecule has 2 aromatic carbocycles. The summed E-state index contributed by atoms with van der Waals surface area (Å²) in [4.78, 5) is 31.1. The Hall–Kier alpha value is -3.51. The van der Waals surface area contributed by atoms with E-state index < -0.39 is 0 Å². The molecule has 1 fully saturated rings. The number of rotatable bonds is 8. The molecular formula is C30H36N4O2. The van der Waals surface area contributed by atoms with Gasteiger partial charge < -0.3 is 16.0 Å². The number of nitrogens with two attached hydrogens (primary N) is 1. The summed E-state index contributed by atoms with van der Waals surface area (Å²) in [6.45, 7) is 2.23. The SMILES string of the molecule is CC(=O)N(C)C1CCC(CC(=O)Nc2cnc(-c3ccc(CCN)cc3)c(-c3ccccc3)c2)CC1. The second kappa shape index (κ2) is 12.0. The van der Waals surface area contributed by atoms with Crippen molar-refractivity contribution in [2.24, 2.45) is 11.7 Å². The molecule has 0 spiro atoms. The van der Waals surface area contributed by atoms with Gasteiger partial charge in [0.1, 0.15) is 0 Å². The number of hydrogen-bond acceptors (Lipinski definition) is 4. The van der Waals surface area contributed by atoms with Gasteiger partial charge in [0.05, 0.1) is 17.6 Å². The monoisotopic (exact) mass is 484 g/mol. The predicted octanol–water partition coefficient (Wildman–Crippen LogP) is 5.28. The van der Waals surface area contributed by atoms with E-state index in [-0.39, 0.29) is 17.9 Å². The summed E-state index contributed by atoms with van der Waals surface area (Å²) in [7, 11) is 1.87. The van der Waals surface area contributed by atoms with Crippen LogP contribution in [0.5, 0.6) is 0 Å². The van der Waals surface area contributed by atoms with Crippen molar-refractivity contribution in [2.75, 3.05) is 18.9 Å². The maximum Gasteiger partial charge on any atom is 0.224 e. The quantitative estimate of drug-likeness (QED) is 0.455. The van der Waals surface area contributed by atoms with E-state index in [0.717, 1.165) is 54.5 Å². The first-order chi connectivity index (χ1) is 17.4. The van der Waals surface area contributed by atoms with Gasteiger partial charge in [-0.05, 0) is 61.8 Å². The number of anilines is 1. The van der Waals surface area contributed by atoms with Gasteiger partial charge in [-0.1, -0.05) is 54.6 Å². The van der Waals surface area contributed by atoms with Crippen molar-refractivity contribution in [3.8, 4) is 22.4 Å². The molecular weight excluding hydrogens is 448 g/mol. The largest absolute Gasteiger partial charge is 0.343 e. The second-order valence-corrected chi connectivity index (χ2v) is 9.78. The minimum absolute atomic E-state index is 0.0121. The third-order valence-corrected chi connectivity index (χ3v) is 7.25. The van der Waals surface area contributed by atoms with Crippen LogP contribution in [0.4, 0.5) is 5.69 Å². The molecule has 2 amide bonds. The lowest BCUT2D eigenvalue weighted by Gasteiger charge is -2.34. The average molecular weight is 485 g/mol. The van der Waals surface area contributed by atoms with E-state index >= 15 is 0 Å². The number of pyridine rings is 1. The summed E-state index contributed by atoms with van der Waals surface area (Å²) in [5.74, 6) is 0.459. The number of nitrogens with one attached hydrogen (secondary N) is 1. The molecule has 1 heterocycles. The van der Waals surface area contributed by atoms with Crippen LogP contribution in [0, 0.1) is 5.92 Å². The van der Waals surface area contributed by atoms with E-state index in [1.165, 1.54) is 5.56 Å². The summed E-state index contributed by atoms with van der Waals surface area (Å²) < 4.78 is 0. The van der Waals surface area contributed by atoms with Crippen LogP contribution in [0.3, 0.4) is 0 Å². The minimum Gasteiger partial charge on any atom is -0.343 e. The van der Waals surface area contributed by atoms with Crippen LogP contribution in [0.2, 0.25) is 0 Å². The number of benzene rings is 2. The molecule has 6 nitrogen and oxygen atoms in total. The van der Waals surface area contributed by atoms with Crippen molar-refractivity contribution >= 4 is 17.5 Å². The van der Waals surface area contributed by atoms with Crippen LogP contribution in [0.1, 0.15) is 44.6 Å². The molecule has 3 aromatic rings. The Bertz CT molecular complexity index is 1170. The Kier molecular flexibility index (Phi) is 8.49. The van der Waals surface area contributed by atoms with Crippen LogP contribution >= 0.6 is 0 Å². The number of hydrogen-bond donors (Lipinski definition) is 2. The van der Waals surface area contributed by atoms with Gasteiger partial charge in [-0.15, -0.1) is 0 Å². The highest BCUT2D eigenvalue weighted by Gasteiger charge is 2.26. The fourth-order valence-corrected chi connectivity index (χ4v) is 5.06. The fraction of sp³-hybridized carbons (Fsp3) is 0.367. The van der Waals surface area contributed by atoms with Crippen molar-refractivity contribution in [1.29, 1.82) is 0 Å². The second-order valence-electron chi connectivity index (χ2n) is 9.78. The molecule has 4 rings (SSSR count). The van der Waals surface area contributed by atoms with Gasteiger partial charge in [0.2, 0.25) is 11.8 Å². The summed E-state index contributed by atoms with van der Waals surface area (Å²) in [6, 6.07) is 20.8. The maximum absolute atomic E-state index is 12.9. The first kappa shape index (κ1) is 25.6. The summed E-state index contributed by atoms with van der Waals surface area (Å²) >= 11 is 0. The Morgan fingerprint density at radius 2 is 1.69 bits per heavy atom. The van der Waals surface area contributed by atoms with E-state index in [0.29, 0.717) is 24.6 Å². The van der Waals surface area contributed by atoms with Gasteiger partial charge in [0.25, 0.3) is 0 Å². The smallest absolute Gasteiger partial charge is 0.224 e. The van der Waals surface area contributed by atoms with Gasteiger partial charge >= 0.3 is 0 Å². The van der Waals surface area contributed by atoms with Gasteiger partial charge in [-0.3, -0.25) is 14.6 Å². The highest BCUT2D eigenvalue weighted by molar-refractivity contribution is 5.93. The van der Waals surface area contributed by atoms with Crippen LogP contribution in [-0.2, 0) is 16.0 Å². The van der Waals surface area contributed by atoms with Gasteiger partial charge in [0.15, 0.2) is 0 Å². The van der Waals surface area contributed by atoms with E-state index in [1.54, 1.807) is 13.1 Å². The van der Waals surface area contributed by atoms with Gasteiger partial charge in [0, 0.05) is 37.6 Å². The molecule has 0 radical (unpaired) electrons. The van der Waals surface area contributed by atoms with Gasteiger partial charge in [-0.2, -0.15) is 0 Å². The average Bonchev–Trinajstić information content (AvgIpc) is 2.90. The summed E-state index contributed by atoms with van der Waals surface area (Å²) in [6.07, 6.45) is 6.90. The normalized spacial score (nSPS) is 17.4. The Balaban J connectivity index is 1.47. The fourth-order valence-electron chi connectivity index (χ4n) is 5.06. The number of aromatic nitrogens is 1. The van der Waals surface area contributed by atoms with E-state index in [4.69, 9.17) is 10.7 Å². The lowest BCUT2D eigenvalue weighted by molar-refractivity contribution is -0.130. The number of amides is 2. The lowest BCUT2D eigenvalue weighted by Crippen LogP contribution is -2.38. The van der Waals surface area contributed by atoms with Crippen molar-refractivity contribution in [1.82, 2.24) is 9.88 Å². The Morgan fingerprint density at radius 1 is 1.00 bits per heavy atom. The van der Waals surface area contributed by atoms with E-state index in [9.17, 15) is 9.59 Å². The molecule has 36 heavy (non-hydrogen) atoms. The minimum atomic E-state index is 0.0121. The third kappa shape index (κ3) is 6.38. The molecule has 6 heteroatoms. The van der Waals surface area contributed by atoms with Crippen molar-refractivity contribution in [2.45, 2.75) is 51.5 Å². The maximum atomic E-state index is 12.9. The number of nitrogens with zero attached hydrogens (tertiary/aromatic N) is 2. The predicted molar refractivity (Wildman–Crippen MR) is 145 cm³/mol.